The molecule has 3 heterocycles. The molecule has 3 amide bonds. The van der Waals surface area contributed by atoms with Gasteiger partial charge in [-0.15, -0.1) is 0 Å². The van der Waals surface area contributed by atoms with Crippen molar-refractivity contribution < 1.29 is 36.7 Å². The van der Waals surface area contributed by atoms with Crippen molar-refractivity contribution in [2.24, 2.45) is 0 Å². The van der Waals surface area contributed by atoms with Crippen molar-refractivity contribution in [2.45, 2.75) is 26.1 Å². The number of nitrogens with one attached hydrogen (secondary N) is 1. The first kappa shape index (κ1) is 27.2. The molecule has 1 N–H and O–H groups in total. The van der Waals surface area contributed by atoms with E-state index in [0.717, 1.165) is 6.07 Å². The van der Waals surface area contributed by atoms with Crippen molar-refractivity contribution in [1.82, 2.24) is 20.0 Å². The van der Waals surface area contributed by atoms with Gasteiger partial charge in [0.2, 0.25) is 0 Å². The van der Waals surface area contributed by atoms with Crippen LogP contribution in [0.15, 0.2) is 58.3 Å². The molecule has 2 aliphatic rings. The molecule has 1 saturated heterocycles. The summed E-state index contributed by atoms with van der Waals surface area (Å²) in [6, 6.07) is 6.13. The van der Waals surface area contributed by atoms with Gasteiger partial charge in [-0.3, -0.25) is 14.6 Å². The average Bonchev–Trinajstić information content (AvgIpc) is 3.43. The summed E-state index contributed by atoms with van der Waals surface area (Å²) in [5, 5.41) is 2.59. The van der Waals surface area contributed by atoms with Gasteiger partial charge in [0.25, 0.3) is 5.91 Å². The van der Waals surface area contributed by atoms with Crippen LogP contribution in [0.2, 0.25) is 0 Å². The number of nitrogens with zero attached hydrogens (tertiary/aromatic N) is 3. The molecular formula is C26H29F3N4O5. The van der Waals surface area contributed by atoms with E-state index in [-0.39, 0.29) is 48.2 Å². The zero-order valence-electron chi connectivity index (χ0n) is 21.1. The van der Waals surface area contributed by atoms with Gasteiger partial charge in [-0.25, -0.2) is 9.59 Å². The lowest BCUT2D eigenvalue weighted by atomic mass is 9.90. The van der Waals surface area contributed by atoms with Gasteiger partial charge in [-0.05, 0) is 37.6 Å². The SMILES string of the molecule is CCOC(=O)C1=C(CN2CCN(C(=O)c3ccco3)CC2)N(CC)C(=O)N[C@@H]1c1ccccc1C(F)(F)F. The van der Waals surface area contributed by atoms with E-state index in [1.165, 1.54) is 29.4 Å². The maximum atomic E-state index is 13.9. The lowest BCUT2D eigenvalue weighted by molar-refractivity contribution is -0.141. The van der Waals surface area contributed by atoms with Crippen molar-refractivity contribution in [3.63, 3.8) is 0 Å². The third-order valence-electron chi connectivity index (χ3n) is 6.59. The molecule has 0 radical (unpaired) electrons. The van der Waals surface area contributed by atoms with Gasteiger partial charge in [0, 0.05) is 45.0 Å². The molecule has 2 aromatic rings. The number of halogens is 3. The number of hydrogen-bond donors (Lipinski definition) is 1. The Labute approximate surface area is 217 Å². The van der Waals surface area contributed by atoms with Gasteiger partial charge >= 0.3 is 18.2 Å². The van der Waals surface area contributed by atoms with Crippen LogP contribution >= 0.6 is 0 Å². The molecule has 1 atom stereocenters. The summed E-state index contributed by atoms with van der Waals surface area (Å²) in [5.41, 5.74) is -0.943. The summed E-state index contributed by atoms with van der Waals surface area (Å²) in [6.45, 7) is 5.23. The predicted molar refractivity (Wildman–Crippen MR) is 130 cm³/mol. The lowest BCUT2D eigenvalue weighted by Crippen LogP contribution is -2.54. The fourth-order valence-electron chi connectivity index (χ4n) is 4.77. The van der Waals surface area contributed by atoms with Gasteiger partial charge in [0.05, 0.1) is 30.0 Å². The Bertz CT molecular complexity index is 1200. The summed E-state index contributed by atoms with van der Waals surface area (Å²) >= 11 is 0. The number of carbonyl (C=O) groups excluding carboxylic acids is 3. The number of piperazine rings is 1. The number of esters is 1. The Balaban J connectivity index is 1.68. The number of alkyl halides is 3. The molecule has 0 bridgehead atoms. The Hall–Kier alpha value is -3.80. The molecule has 0 saturated carbocycles. The fraction of sp³-hybridized carbons (Fsp3) is 0.423. The zero-order chi connectivity index (χ0) is 27.4. The lowest BCUT2D eigenvalue weighted by Gasteiger charge is -2.40. The number of urea groups is 1. The second kappa shape index (κ2) is 11.3. The maximum absolute atomic E-state index is 13.9. The zero-order valence-corrected chi connectivity index (χ0v) is 21.1. The number of amides is 3. The number of carbonyl (C=O) groups is 3. The highest BCUT2D eigenvalue weighted by molar-refractivity contribution is 5.95. The number of likely N-dealkylation sites (N-methyl/N-ethyl adjacent to an activating group) is 1. The Morgan fingerprint density at radius 1 is 1.08 bits per heavy atom. The van der Waals surface area contributed by atoms with Crippen LogP contribution in [0.5, 0.6) is 0 Å². The molecule has 1 fully saturated rings. The summed E-state index contributed by atoms with van der Waals surface area (Å²) in [6.07, 6.45) is -3.27. The van der Waals surface area contributed by atoms with E-state index in [1.54, 1.807) is 30.9 Å². The van der Waals surface area contributed by atoms with Crippen molar-refractivity contribution in [3.05, 3.63) is 70.8 Å². The summed E-state index contributed by atoms with van der Waals surface area (Å²) < 4.78 is 52.1. The number of hydrogen-bond acceptors (Lipinski definition) is 6. The van der Waals surface area contributed by atoms with Crippen LogP contribution in [0.3, 0.4) is 0 Å². The Morgan fingerprint density at radius 2 is 1.79 bits per heavy atom. The summed E-state index contributed by atoms with van der Waals surface area (Å²) in [5.74, 6) is -0.801. The first-order valence-electron chi connectivity index (χ1n) is 12.3. The van der Waals surface area contributed by atoms with E-state index in [2.05, 4.69) is 5.32 Å². The highest BCUT2D eigenvalue weighted by Crippen LogP contribution is 2.39. The molecule has 4 rings (SSSR count). The minimum Gasteiger partial charge on any atom is -0.463 e. The van der Waals surface area contributed by atoms with E-state index in [9.17, 15) is 27.6 Å². The fourth-order valence-corrected chi connectivity index (χ4v) is 4.77. The molecule has 1 aromatic carbocycles. The number of benzene rings is 1. The van der Waals surface area contributed by atoms with Gasteiger partial charge in [0.1, 0.15) is 0 Å². The van der Waals surface area contributed by atoms with Gasteiger partial charge in [-0.1, -0.05) is 18.2 Å². The van der Waals surface area contributed by atoms with E-state index < -0.39 is 29.8 Å². The second-order valence-electron chi connectivity index (χ2n) is 8.84. The summed E-state index contributed by atoms with van der Waals surface area (Å²) in [7, 11) is 0. The van der Waals surface area contributed by atoms with Crippen molar-refractivity contribution in [1.29, 1.82) is 0 Å². The van der Waals surface area contributed by atoms with Gasteiger partial charge in [0.15, 0.2) is 5.76 Å². The van der Waals surface area contributed by atoms with Crippen LogP contribution < -0.4 is 5.32 Å². The van der Waals surface area contributed by atoms with Crippen molar-refractivity contribution in [2.75, 3.05) is 45.9 Å². The third-order valence-corrected chi connectivity index (χ3v) is 6.59. The van der Waals surface area contributed by atoms with Crippen molar-refractivity contribution >= 4 is 17.9 Å². The maximum Gasteiger partial charge on any atom is 0.416 e. The second-order valence-corrected chi connectivity index (χ2v) is 8.84. The first-order valence-corrected chi connectivity index (χ1v) is 12.3. The van der Waals surface area contributed by atoms with Crippen molar-refractivity contribution in [3.8, 4) is 0 Å². The molecule has 0 spiro atoms. The monoisotopic (exact) mass is 534 g/mol. The molecule has 204 valence electrons. The third kappa shape index (κ3) is 5.54. The first-order chi connectivity index (χ1) is 18.2. The van der Waals surface area contributed by atoms with E-state index in [4.69, 9.17) is 9.15 Å². The standard InChI is InChI=1S/C26H29F3N4O5/c1-3-33-19(16-31-11-13-32(14-12-31)23(34)20-10-7-15-38-20)21(24(35)37-4-2)22(30-25(33)36)17-8-5-6-9-18(17)26(27,28)29/h5-10,15,22H,3-4,11-14,16H2,1-2H3,(H,30,36)/t22-/m1/s1. The average molecular weight is 535 g/mol. The number of ether oxygens (including phenoxy) is 1. The topological polar surface area (TPSA) is 95.3 Å². The van der Waals surface area contributed by atoms with Gasteiger partial charge in [-0.2, -0.15) is 13.2 Å². The number of furan rings is 1. The van der Waals surface area contributed by atoms with Gasteiger partial charge < -0.3 is 19.4 Å². The predicted octanol–water partition coefficient (Wildman–Crippen LogP) is 3.66. The van der Waals surface area contributed by atoms with E-state index in [1.807, 2.05) is 4.90 Å². The molecular weight excluding hydrogens is 505 g/mol. The van der Waals surface area contributed by atoms with Crippen LogP contribution in [0.25, 0.3) is 0 Å². The molecule has 9 nitrogen and oxygen atoms in total. The molecule has 0 aliphatic carbocycles. The highest BCUT2D eigenvalue weighted by Gasteiger charge is 2.43. The molecule has 0 unspecified atom stereocenters. The quantitative estimate of drug-likeness (QED) is 0.545. The summed E-state index contributed by atoms with van der Waals surface area (Å²) in [4.78, 5) is 43.9. The molecule has 38 heavy (non-hydrogen) atoms. The minimum absolute atomic E-state index is 0.0108. The van der Waals surface area contributed by atoms with E-state index in [0.29, 0.717) is 26.2 Å². The van der Waals surface area contributed by atoms with Crippen LogP contribution in [0.4, 0.5) is 18.0 Å². The van der Waals surface area contributed by atoms with Crippen LogP contribution in [-0.2, 0) is 15.7 Å². The normalized spacial score (nSPS) is 19.0. The van der Waals surface area contributed by atoms with E-state index >= 15 is 0 Å². The number of rotatable bonds is 7. The molecule has 2 aliphatic heterocycles. The molecule has 12 heteroatoms. The van der Waals surface area contributed by atoms with Crippen LogP contribution in [0, 0.1) is 0 Å². The molecule has 1 aromatic heterocycles. The Morgan fingerprint density at radius 3 is 2.39 bits per heavy atom. The van der Waals surface area contributed by atoms with Crippen LogP contribution in [-0.4, -0.2) is 78.5 Å². The smallest absolute Gasteiger partial charge is 0.416 e. The van der Waals surface area contributed by atoms with Crippen LogP contribution in [0.1, 0.15) is 41.6 Å². The Kier molecular flexibility index (Phi) is 8.10. The minimum atomic E-state index is -4.69. The highest BCUT2D eigenvalue weighted by atomic mass is 19.4. The largest absolute Gasteiger partial charge is 0.463 e.